The van der Waals surface area contributed by atoms with Gasteiger partial charge in [-0.2, -0.15) is 0 Å². The number of H-pyrrole nitrogens is 1. The molecule has 3 rings (SSSR count). The number of hydrogen-bond acceptors (Lipinski definition) is 3. The zero-order valence-corrected chi connectivity index (χ0v) is 10.00. The van der Waals surface area contributed by atoms with Gasteiger partial charge in [0.15, 0.2) is 6.04 Å². The number of benzene rings is 1. The number of cyclic esters (lactones) is 1. The van der Waals surface area contributed by atoms with Gasteiger partial charge >= 0.3 is 12.1 Å². The second-order valence-electron chi connectivity index (χ2n) is 4.42. The average Bonchev–Trinajstić information content (AvgIpc) is 2.96. The molecule has 98 valence electrons. The molecule has 1 unspecified atom stereocenters. The molecule has 0 aliphatic carbocycles. The predicted molar refractivity (Wildman–Crippen MR) is 66.6 cm³/mol. The van der Waals surface area contributed by atoms with Crippen molar-refractivity contribution in [2.45, 2.75) is 12.6 Å². The molecule has 1 aliphatic heterocycles. The Morgan fingerprint density at radius 3 is 3.05 bits per heavy atom. The zero-order chi connectivity index (χ0) is 13.4. The van der Waals surface area contributed by atoms with Gasteiger partial charge in [-0.1, -0.05) is 18.2 Å². The van der Waals surface area contributed by atoms with E-state index in [2.05, 4.69) is 4.98 Å². The largest absolute Gasteiger partial charge is 0.480 e. The van der Waals surface area contributed by atoms with Crippen molar-refractivity contribution in [1.82, 2.24) is 9.88 Å². The van der Waals surface area contributed by atoms with Crippen molar-refractivity contribution in [3.05, 3.63) is 36.0 Å². The first-order chi connectivity index (χ1) is 9.16. The lowest BCUT2D eigenvalue weighted by Crippen LogP contribution is -2.38. The number of aromatic amines is 1. The molecule has 1 amide bonds. The number of carbonyl (C=O) groups is 2. The Morgan fingerprint density at radius 1 is 1.47 bits per heavy atom. The number of rotatable bonds is 3. The second kappa shape index (κ2) is 4.31. The first-order valence-corrected chi connectivity index (χ1v) is 5.88. The molecule has 1 aliphatic rings. The van der Waals surface area contributed by atoms with Crippen LogP contribution >= 0.6 is 0 Å². The van der Waals surface area contributed by atoms with Crippen molar-refractivity contribution < 1.29 is 19.4 Å². The van der Waals surface area contributed by atoms with E-state index in [0.717, 1.165) is 16.5 Å². The fourth-order valence-electron chi connectivity index (χ4n) is 2.28. The van der Waals surface area contributed by atoms with Gasteiger partial charge in [-0.3, -0.25) is 4.90 Å². The summed E-state index contributed by atoms with van der Waals surface area (Å²) < 4.78 is 4.80. The molecule has 1 atom stereocenters. The zero-order valence-electron chi connectivity index (χ0n) is 10.00. The molecule has 0 spiro atoms. The maximum Gasteiger partial charge on any atom is 0.411 e. The lowest BCUT2D eigenvalue weighted by atomic mass is 10.1. The number of amides is 1. The Kier molecular flexibility index (Phi) is 2.63. The quantitative estimate of drug-likeness (QED) is 0.877. The number of nitrogens with zero attached hydrogens (tertiary/aromatic N) is 1. The summed E-state index contributed by atoms with van der Waals surface area (Å²) in [5.41, 5.74) is 1.83. The maximum absolute atomic E-state index is 11.6. The van der Waals surface area contributed by atoms with Gasteiger partial charge in [0.1, 0.15) is 6.61 Å². The minimum Gasteiger partial charge on any atom is -0.480 e. The lowest BCUT2D eigenvalue weighted by molar-refractivity contribution is -0.141. The lowest BCUT2D eigenvalue weighted by Gasteiger charge is -2.17. The number of para-hydroxylation sites is 1. The highest BCUT2D eigenvalue weighted by Crippen LogP contribution is 2.22. The Balaban J connectivity index is 1.91. The first kappa shape index (κ1) is 11.6. The molecule has 2 aromatic rings. The van der Waals surface area contributed by atoms with Crippen LogP contribution in [-0.4, -0.2) is 39.7 Å². The Morgan fingerprint density at radius 2 is 2.26 bits per heavy atom. The highest BCUT2D eigenvalue weighted by atomic mass is 16.6. The molecule has 19 heavy (non-hydrogen) atoms. The molecule has 2 N–H and O–H groups in total. The maximum atomic E-state index is 11.6. The van der Waals surface area contributed by atoms with Crippen LogP contribution in [0, 0.1) is 0 Å². The molecular weight excluding hydrogens is 248 g/mol. The van der Waals surface area contributed by atoms with Crippen LogP contribution in [-0.2, 0) is 16.1 Å². The SMILES string of the molecule is O=C(O)C1COC(=O)N1Cc1c[nH]c2ccccc12. The minimum atomic E-state index is -1.05. The fourth-order valence-corrected chi connectivity index (χ4v) is 2.28. The summed E-state index contributed by atoms with van der Waals surface area (Å²) in [7, 11) is 0. The third-order valence-corrected chi connectivity index (χ3v) is 3.28. The van der Waals surface area contributed by atoms with Gasteiger partial charge in [-0.15, -0.1) is 0 Å². The first-order valence-electron chi connectivity index (χ1n) is 5.88. The van der Waals surface area contributed by atoms with Crippen LogP contribution in [0.2, 0.25) is 0 Å². The number of carboxylic acid groups (broad SMARTS) is 1. The van der Waals surface area contributed by atoms with Crippen molar-refractivity contribution in [1.29, 1.82) is 0 Å². The van der Waals surface area contributed by atoms with Crippen LogP contribution in [0.15, 0.2) is 30.5 Å². The van der Waals surface area contributed by atoms with Crippen LogP contribution in [0.25, 0.3) is 10.9 Å². The van der Waals surface area contributed by atoms with Gasteiger partial charge in [-0.05, 0) is 11.6 Å². The number of fused-ring (bicyclic) bond motifs is 1. The topological polar surface area (TPSA) is 82.6 Å². The molecule has 1 aromatic heterocycles. The summed E-state index contributed by atoms with van der Waals surface area (Å²) in [6.07, 6.45) is 1.20. The number of aromatic nitrogens is 1. The van der Waals surface area contributed by atoms with E-state index in [0.29, 0.717) is 0 Å². The monoisotopic (exact) mass is 260 g/mol. The molecule has 2 heterocycles. The molecule has 1 fully saturated rings. The number of aliphatic carboxylic acids is 1. The van der Waals surface area contributed by atoms with Gasteiger partial charge in [-0.25, -0.2) is 9.59 Å². The highest BCUT2D eigenvalue weighted by Gasteiger charge is 2.38. The molecule has 0 bridgehead atoms. The summed E-state index contributed by atoms with van der Waals surface area (Å²) >= 11 is 0. The number of carboxylic acids is 1. The van der Waals surface area contributed by atoms with Crippen LogP contribution in [0.5, 0.6) is 0 Å². The Bertz CT molecular complexity index is 649. The van der Waals surface area contributed by atoms with Gasteiger partial charge in [0, 0.05) is 17.1 Å². The Labute approximate surface area is 108 Å². The summed E-state index contributed by atoms with van der Waals surface area (Å²) in [5, 5.41) is 10.0. The fraction of sp³-hybridized carbons (Fsp3) is 0.231. The standard InChI is InChI=1S/C13H12N2O4/c16-12(17)11-7-19-13(18)15(11)6-8-5-14-10-4-2-1-3-9(8)10/h1-5,11,14H,6-7H2,(H,16,17). The normalized spacial score (nSPS) is 18.8. The van der Waals surface area contributed by atoms with E-state index in [9.17, 15) is 9.59 Å². The number of carbonyl (C=O) groups excluding carboxylic acids is 1. The van der Waals surface area contributed by atoms with E-state index in [-0.39, 0.29) is 13.2 Å². The van der Waals surface area contributed by atoms with Crippen molar-refractivity contribution >= 4 is 23.0 Å². The Hall–Kier alpha value is -2.50. The third kappa shape index (κ3) is 1.91. The van der Waals surface area contributed by atoms with E-state index in [4.69, 9.17) is 9.84 Å². The average molecular weight is 260 g/mol. The van der Waals surface area contributed by atoms with Crippen LogP contribution in [0.4, 0.5) is 4.79 Å². The number of nitrogens with one attached hydrogen (secondary N) is 1. The molecule has 0 saturated carbocycles. The van der Waals surface area contributed by atoms with E-state index in [1.807, 2.05) is 24.3 Å². The second-order valence-corrected chi connectivity index (χ2v) is 4.42. The van der Waals surface area contributed by atoms with Gasteiger partial charge in [0.05, 0.1) is 6.54 Å². The van der Waals surface area contributed by atoms with Gasteiger partial charge in [0.25, 0.3) is 0 Å². The summed E-state index contributed by atoms with van der Waals surface area (Å²) in [6, 6.07) is 6.75. The van der Waals surface area contributed by atoms with Crippen molar-refractivity contribution in [3.63, 3.8) is 0 Å². The van der Waals surface area contributed by atoms with Crippen LogP contribution in [0.1, 0.15) is 5.56 Å². The van der Waals surface area contributed by atoms with E-state index in [1.165, 1.54) is 4.90 Å². The van der Waals surface area contributed by atoms with Gasteiger partial charge < -0.3 is 14.8 Å². The minimum absolute atomic E-state index is 0.101. The summed E-state index contributed by atoms with van der Waals surface area (Å²) in [6.45, 7) is 0.121. The summed E-state index contributed by atoms with van der Waals surface area (Å²) in [5.74, 6) is -1.05. The molecule has 6 heteroatoms. The number of hydrogen-bond donors (Lipinski definition) is 2. The van der Waals surface area contributed by atoms with E-state index < -0.39 is 18.1 Å². The molecule has 0 radical (unpaired) electrons. The summed E-state index contributed by atoms with van der Waals surface area (Å²) in [4.78, 5) is 27.0. The molecule has 1 aromatic carbocycles. The van der Waals surface area contributed by atoms with Crippen LogP contribution in [0.3, 0.4) is 0 Å². The van der Waals surface area contributed by atoms with Crippen LogP contribution < -0.4 is 0 Å². The van der Waals surface area contributed by atoms with Crippen molar-refractivity contribution in [3.8, 4) is 0 Å². The van der Waals surface area contributed by atoms with Crippen molar-refractivity contribution in [2.24, 2.45) is 0 Å². The van der Waals surface area contributed by atoms with Gasteiger partial charge in [0.2, 0.25) is 0 Å². The third-order valence-electron chi connectivity index (χ3n) is 3.28. The number of ether oxygens (including phenoxy) is 1. The smallest absolute Gasteiger partial charge is 0.411 e. The molecular formula is C13H12N2O4. The van der Waals surface area contributed by atoms with E-state index in [1.54, 1.807) is 6.20 Å². The molecule has 6 nitrogen and oxygen atoms in total. The highest BCUT2D eigenvalue weighted by molar-refractivity contribution is 5.85. The molecule has 1 saturated heterocycles. The predicted octanol–water partition coefficient (Wildman–Crippen LogP) is 1.57. The van der Waals surface area contributed by atoms with E-state index >= 15 is 0 Å². The van der Waals surface area contributed by atoms with Crippen molar-refractivity contribution in [2.75, 3.05) is 6.61 Å².